The summed E-state index contributed by atoms with van der Waals surface area (Å²) < 4.78 is 23.8. The van der Waals surface area contributed by atoms with Crippen molar-refractivity contribution in [3.05, 3.63) is 21.8 Å². The largest absolute Gasteiger partial charge is 0.242 e. The summed E-state index contributed by atoms with van der Waals surface area (Å²) in [6.45, 7) is 0. The smallest absolute Gasteiger partial charge is 0.196 e. The summed E-state index contributed by atoms with van der Waals surface area (Å²) in [6.07, 6.45) is 1.71. The van der Waals surface area contributed by atoms with Crippen LogP contribution in [0, 0.1) is 0 Å². The van der Waals surface area contributed by atoms with Gasteiger partial charge in [-0.05, 0) is 28.4 Å². The number of hydrogen-bond donors (Lipinski definition) is 0. The molecular formula is C8H8BrCl2NO2S. The SMILES string of the molecule is O=S(=O)(CCCCl)c1ncc(Cl)cc1Br. The third-order valence-corrected chi connectivity index (χ3v) is 4.70. The zero-order valence-corrected chi connectivity index (χ0v) is 11.5. The first-order valence-corrected chi connectivity index (χ1v) is 7.43. The molecule has 0 unspecified atom stereocenters. The standard InChI is InChI=1S/C8H8BrCl2NO2S/c9-7-4-6(11)5-12-8(7)15(13,14)3-1-2-10/h4-5H,1-3H2. The second kappa shape index (κ2) is 5.48. The minimum Gasteiger partial charge on any atom is -0.242 e. The van der Waals surface area contributed by atoms with Gasteiger partial charge in [-0.15, -0.1) is 11.6 Å². The predicted octanol–water partition coefficient (Wildman–Crippen LogP) is 2.90. The van der Waals surface area contributed by atoms with E-state index in [-0.39, 0.29) is 10.8 Å². The summed E-state index contributed by atoms with van der Waals surface area (Å²) in [5, 5.41) is 0.398. The Hall–Kier alpha value is 0.160. The van der Waals surface area contributed by atoms with Gasteiger partial charge in [0, 0.05) is 12.1 Å². The lowest BCUT2D eigenvalue weighted by molar-refractivity contribution is 0.590. The number of sulfone groups is 1. The maximum atomic E-state index is 11.7. The number of pyridine rings is 1. The van der Waals surface area contributed by atoms with Gasteiger partial charge in [0.1, 0.15) is 0 Å². The van der Waals surface area contributed by atoms with Crippen LogP contribution in [0.1, 0.15) is 6.42 Å². The maximum absolute atomic E-state index is 11.7. The Labute approximate surface area is 107 Å². The molecule has 0 aliphatic heterocycles. The van der Waals surface area contributed by atoms with Crippen LogP contribution < -0.4 is 0 Å². The molecule has 0 atom stereocenters. The highest BCUT2D eigenvalue weighted by atomic mass is 79.9. The first-order chi connectivity index (χ1) is 6.97. The van der Waals surface area contributed by atoms with Gasteiger partial charge < -0.3 is 0 Å². The van der Waals surface area contributed by atoms with Crippen molar-refractivity contribution in [1.82, 2.24) is 4.98 Å². The molecule has 0 aliphatic rings. The minimum atomic E-state index is -3.37. The topological polar surface area (TPSA) is 47.0 Å². The fourth-order valence-electron chi connectivity index (χ4n) is 0.972. The maximum Gasteiger partial charge on any atom is 0.196 e. The van der Waals surface area contributed by atoms with Crippen molar-refractivity contribution in [3.8, 4) is 0 Å². The fraction of sp³-hybridized carbons (Fsp3) is 0.375. The van der Waals surface area contributed by atoms with Gasteiger partial charge in [-0.2, -0.15) is 0 Å². The third-order valence-electron chi connectivity index (χ3n) is 1.62. The molecule has 0 amide bonds. The van der Waals surface area contributed by atoms with E-state index in [0.717, 1.165) is 0 Å². The van der Waals surface area contributed by atoms with Gasteiger partial charge in [-0.25, -0.2) is 13.4 Å². The van der Waals surface area contributed by atoms with Crippen LogP contribution in [0.25, 0.3) is 0 Å². The van der Waals surface area contributed by atoms with E-state index in [1.54, 1.807) is 0 Å². The number of alkyl halides is 1. The van der Waals surface area contributed by atoms with Crippen LogP contribution in [0.2, 0.25) is 5.02 Å². The van der Waals surface area contributed by atoms with Crippen molar-refractivity contribution in [1.29, 1.82) is 0 Å². The fourth-order valence-corrected chi connectivity index (χ4v) is 3.93. The van der Waals surface area contributed by atoms with Gasteiger partial charge in [0.2, 0.25) is 0 Å². The Morgan fingerprint density at radius 1 is 1.47 bits per heavy atom. The predicted molar refractivity (Wildman–Crippen MR) is 64.3 cm³/mol. The van der Waals surface area contributed by atoms with Crippen LogP contribution in [0.3, 0.4) is 0 Å². The van der Waals surface area contributed by atoms with Gasteiger partial charge in [-0.1, -0.05) is 11.6 Å². The van der Waals surface area contributed by atoms with Gasteiger partial charge in [0.05, 0.1) is 15.2 Å². The van der Waals surface area contributed by atoms with Crippen LogP contribution in [0.4, 0.5) is 0 Å². The molecule has 0 radical (unpaired) electrons. The Balaban J connectivity index is 3.05. The summed E-state index contributed by atoms with van der Waals surface area (Å²) in [6, 6.07) is 1.50. The number of aromatic nitrogens is 1. The summed E-state index contributed by atoms with van der Waals surface area (Å²) in [4.78, 5) is 3.79. The molecular weight excluding hydrogens is 325 g/mol. The third kappa shape index (κ3) is 3.59. The lowest BCUT2D eigenvalue weighted by atomic mass is 10.5. The number of hydrogen-bond acceptors (Lipinski definition) is 3. The quantitative estimate of drug-likeness (QED) is 0.796. The first-order valence-electron chi connectivity index (χ1n) is 4.07. The molecule has 0 saturated carbocycles. The molecule has 84 valence electrons. The van der Waals surface area contributed by atoms with Crippen molar-refractivity contribution in [3.63, 3.8) is 0 Å². The van der Waals surface area contributed by atoms with Crippen LogP contribution >= 0.6 is 39.1 Å². The second-order valence-corrected chi connectivity index (χ2v) is 6.50. The van der Waals surface area contributed by atoms with Crippen LogP contribution in [-0.2, 0) is 9.84 Å². The Morgan fingerprint density at radius 3 is 2.67 bits per heavy atom. The van der Waals surface area contributed by atoms with E-state index in [1.165, 1.54) is 12.3 Å². The van der Waals surface area contributed by atoms with Crippen molar-refractivity contribution in [2.75, 3.05) is 11.6 Å². The van der Waals surface area contributed by atoms with E-state index in [1.807, 2.05) is 0 Å². The zero-order chi connectivity index (χ0) is 11.5. The van der Waals surface area contributed by atoms with E-state index >= 15 is 0 Å². The molecule has 1 aromatic heterocycles. The molecule has 1 aromatic rings. The molecule has 15 heavy (non-hydrogen) atoms. The summed E-state index contributed by atoms with van der Waals surface area (Å²) >= 11 is 14.2. The van der Waals surface area contributed by atoms with E-state index in [0.29, 0.717) is 21.8 Å². The minimum absolute atomic E-state index is 0.0102. The molecule has 0 aliphatic carbocycles. The molecule has 7 heteroatoms. The molecule has 3 nitrogen and oxygen atoms in total. The molecule has 0 bridgehead atoms. The van der Waals surface area contributed by atoms with Crippen LogP contribution in [0.5, 0.6) is 0 Å². The van der Waals surface area contributed by atoms with Gasteiger partial charge in [-0.3, -0.25) is 0 Å². The molecule has 0 aromatic carbocycles. The number of rotatable bonds is 4. The highest BCUT2D eigenvalue weighted by Crippen LogP contribution is 2.24. The normalized spacial score (nSPS) is 11.7. The van der Waals surface area contributed by atoms with E-state index < -0.39 is 9.84 Å². The van der Waals surface area contributed by atoms with E-state index in [4.69, 9.17) is 23.2 Å². The molecule has 0 N–H and O–H groups in total. The molecule has 1 heterocycles. The van der Waals surface area contributed by atoms with Gasteiger partial charge in [0.15, 0.2) is 14.9 Å². The highest BCUT2D eigenvalue weighted by Gasteiger charge is 2.19. The van der Waals surface area contributed by atoms with Gasteiger partial charge in [0.25, 0.3) is 0 Å². The van der Waals surface area contributed by atoms with Crippen molar-refractivity contribution >= 4 is 49.0 Å². The van der Waals surface area contributed by atoms with Crippen molar-refractivity contribution in [2.45, 2.75) is 11.4 Å². The zero-order valence-electron chi connectivity index (χ0n) is 7.58. The van der Waals surface area contributed by atoms with Crippen molar-refractivity contribution in [2.24, 2.45) is 0 Å². The van der Waals surface area contributed by atoms with Crippen LogP contribution in [-0.4, -0.2) is 25.0 Å². The average molecular weight is 333 g/mol. The summed E-state index contributed by atoms with van der Waals surface area (Å²) in [5.74, 6) is 0.300. The first kappa shape index (κ1) is 13.2. The van der Waals surface area contributed by atoms with Crippen LogP contribution in [0.15, 0.2) is 21.8 Å². The Kier molecular flexibility index (Phi) is 4.83. The highest BCUT2D eigenvalue weighted by molar-refractivity contribution is 9.10. The lowest BCUT2D eigenvalue weighted by Gasteiger charge is -2.04. The summed E-state index contributed by atoms with van der Waals surface area (Å²) in [7, 11) is -3.37. The Bertz CT molecular complexity index is 450. The average Bonchev–Trinajstić information content (AvgIpc) is 2.14. The molecule has 1 rings (SSSR count). The molecule has 0 spiro atoms. The second-order valence-electron chi connectivity index (χ2n) is 2.80. The van der Waals surface area contributed by atoms with Crippen molar-refractivity contribution < 1.29 is 8.42 Å². The number of nitrogens with zero attached hydrogens (tertiary/aromatic N) is 1. The monoisotopic (exact) mass is 331 g/mol. The van der Waals surface area contributed by atoms with E-state index in [2.05, 4.69) is 20.9 Å². The lowest BCUT2D eigenvalue weighted by Crippen LogP contribution is -2.10. The number of halogens is 3. The molecule has 0 saturated heterocycles. The van der Waals surface area contributed by atoms with Gasteiger partial charge >= 0.3 is 0 Å². The summed E-state index contributed by atoms with van der Waals surface area (Å²) in [5.41, 5.74) is 0. The van der Waals surface area contributed by atoms with E-state index in [9.17, 15) is 8.42 Å². The Morgan fingerprint density at radius 2 is 2.13 bits per heavy atom. The molecule has 0 fully saturated rings.